The van der Waals surface area contributed by atoms with Crippen LogP contribution in [0.1, 0.15) is 42.1 Å². The number of nitrogens with one attached hydrogen (secondary N) is 1. The Morgan fingerprint density at radius 1 is 1.05 bits per heavy atom. The molecule has 37 heavy (non-hydrogen) atoms. The highest BCUT2D eigenvalue weighted by molar-refractivity contribution is 5.84. The normalized spacial score (nSPS) is 25.8. The molecule has 196 valence electrons. The number of hydrogen-bond donors (Lipinski definition) is 3. The van der Waals surface area contributed by atoms with E-state index >= 15 is 0 Å². The van der Waals surface area contributed by atoms with Crippen LogP contribution >= 0.6 is 0 Å². The number of nitrogens with zero attached hydrogens (tertiary/aromatic N) is 3. The molecule has 4 unspecified atom stereocenters. The molecule has 2 aromatic rings. The molecule has 2 aromatic carbocycles. The molecule has 0 spiro atoms. The number of hydrogen-bond acceptors (Lipinski definition) is 7. The maximum atomic E-state index is 13.9. The lowest BCUT2D eigenvalue weighted by atomic mass is 9.91. The Hall–Kier alpha value is -3.40. The first-order chi connectivity index (χ1) is 17.8. The summed E-state index contributed by atoms with van der Waals surface area (Å²) in [5.74, 6) is -0.311. The number of amides is 2. The number of aliphatic hydroxyl groups is 2. The Labute approximate surface area is 216 Å². The number of hydrazine groups is 1. The first-order valence-electron chi connectivity index (χ1n) is 12.7. The van der Waals surface area contributed by atoms with E-state index in [1.165, 1.54) is 24.3 Å². The molecule has 2 aliphatic heterocycles. The zero-order valence-electron chi connectivity index (χ0n) is 21.3. The molecule has 1 aliphatic carbocycles. The Morgan fingerprint density at radius 2 is 1.65 bits per heavy atom. The van der Waals surface area contributed by atoms with Crippen LogP contribution in [-0.4, -0.2) is 81.2 Å². The number of ether oxygens (including phenoxy) is 1. The average molecular weight is 507 g/mol. The molecule has 9 heteroatoms. The Kier molecular flexibility index (Phi) is 6.94. The highest BCUT2D eigenvalue weighted by Crippen LogP contribution is 2.43. The lowest BCUT2D eigenvalue weighted by molar-refractivity contribution is -0.214. The number of methoxy groups -OCH3 is 1. The van der Waals surface area contributed by atoms with E-state index in [1.54, 1.807) is 16.1 Å². The molecule has 2 heterocycles. The van der Waals surface area contributed by atoms with Crippen molar-refractivity contribution in [1.29, 1.82) is 0 Å². The SMILES string of the molecule is COC(=O)NCC1N(C(C)C)C(=O)C2C(O)C(O)C=CN2N1C1c2ccccc2CCc2ccccc21. The molecule has 2 amide bonds. The van der Waals surface area contributed by atoms with Crippen molar-refractivity contribution in [3.63, 3.8) is 0 Å². The van der Waals surface area contributed by atoms with Gasteiger partial charge in [-0.05, 0) is 55.0 Å². The van der Waals surface area contributed by atoms with Gasteiger partial charge in [-0.2, -0.15) is 5.01 Å². The number of carbonyl (C=O) groups is 2. The fraction of sp³-hybridized carbons (Fsp3) is 0.429. The van der Waals surface area contributed by atoms with Gasteiger partial charge >= 0.3 is 6.09 Å². The first-order valence-corrected chi connectivity index (χ1v) is 12.7. The van der Waals surface area contributed by atoms with Crippen molar-refractivity contribution in [3.05, 3.63) is 83.1 Å². The zero-order valence-corrected chi connectivity index (χ0v) is 21.3. The van der Waals surface area contributed by atoms with E-state index in [2.05, 4.69) is 34.6 Å². The molecule has 1 fully saturated rings. The minimum absolute atomic E-state index is 0.104. The van der Waals surface area contributed by atoms with Crippen LogP contribution in [0.5, 0.6) is 0 Å². The molecule has 9 nitrogen and oxygen atoms in total. The molecule has 0 radical (unpaired) electrons. The van der Waals surface area contributed by atoms with Gasteiger partial charge in [0, 0.05) is 12.2 Å². The van der Waals surface area contributed by atoms with Crippen LogP contribution in [0.2, 0.25) is 0 Å². The third-order valence-electron chi connectivity index (χ3n) is 7.59. The average Bonchev–Trinajstić information content (AvgIpc) is 3.06. The van der Waals surface area contributed by atoms with Gasteiger partial charge in [-0.1, -0.05) is 48.5 Å². The molecular weight excluding hydrogens is 472 g/mol. The van der Waals surface area contributed by atoms with Crippen molar-refractivity contribution in [2.24, 2.45) is 0 Å². The standard InChI is InChI=1S/C28H34N4O5/c1-17(2)31-23(16-29-28(36)37-3)32(30-15-14-22(33)26(34)25(30)27(31)35)24-20-10-6-4-8-18(20)12-13-19-9-5-7-11-21(19)24/h4-11,14-15,17,22-26,33-34H,12-13,16H2,1-3H3,(H,29,36). The van der Waals surface area contributed by atoms with Crippen molar-refractivity contribution in [1.82, 2.24) is 20.2 Å². The summed E-state index contributed by atoms with van der Waals surface area (Å²) in [6.07, 6.45) is 1.26. The maximum absolute atomic E-state index is 13.9. The highest BCUT2D eigenvalue weighted by atomic mass is 16.5. The van der Waals surface area contributed by atoms with E-state index < -0.39 is 30.5 Å². The molecule has 1 saturated heterocycles. The van der Waals surface area contributed by atoms with E-state index in [-0.39, 0.29) is 24.5 Å². The largest absolute Gasteiger partial charge is 0.453 e. The minimum Gasteiger partial charge on any atom is -0.453 e. The fourth-order valence-corrected chi connectivity index (χ4v) is 5.91. The smallest absolute Gasteiger partial charge is 0.406 e. The summed E-state index contributed by atoms with van der Waals surface area (Å²) < 4.78 is 4.84. The van der Waals surface area contributed by atoms with E-state index in [4.69, 9.17) is 4.74 Å². The Balaban J connectivity index is 1.74. The molecule has 4 atom stereocenters. The summed E-state index contributed by atoms with van der Waals surface area (Å²) in [5, 5.41) is 28.1. The van der Waals surface area contributed by atoms with Crippen LogP contribution < -0.4 is 5.32 Å². The van der Waals surface area contributed by atoms with Crippen LogP contribution in [-0.2, 0) is 22.4 Å². The number of benzene rings is 2. The van der Waals surface area contributed by atoms with E-state index in [9.17, 15) is 19.8 Å². The van der Waals surface area contributed by atoms with Gasteiger partial charge in [0.1, 0.15) is 18.4 Å². The third kappa shape index (κ3) is 4.37. The second-order valence-electron chi connectivity index (χ2n) is 10.0. The predicted octanol–water partition coefficient (Wildman–Crippen LogP) is 1.94. The van der Waals surface area contributed by atoms with Gasteiger partial charge in [0.2, 0.25) is 0 Å². The molecule has 0 aromatic heterocycles. The monoisotopic (exact) mass is 506 g/mol. The van der Waals surface area contributed by atoms with Crippen molar-refractivity contribution in [3.8, 4) is 0 Å². The van der Waals surface area contributed by atoms with Crippen LogP contribution in [0.4, 0.5) is 4.79 Å². The quantitative estimate of drug-likeness (QED) is 0.582. The summed E-state index contributed by atoms with van der Waals surface area (Å²) >= 11 is 0. The number of rotatable bonds is 4. The molecule has 0 saturated carbocycles. The molecule has 3 aliphatic rings. The zero-order chi connectivity index (χ0) is 26.3. The maximum Gasteiger partial charge on any atom is 0.406 e. The lowest BCUT2D eigenvalue weighted by Gasteiger charge is -2.58. The van der Waals surface area contributed by atoms with Crippen molar-refractivity contribution in [2.45, 2.75) is 63.2 Å². The molecule has 3 N–H and O–H groups in total. The summed E-state index contributed by atoms with van der Waals surface area (Å²) in [6.45, 7) is 3.92. The Morgan fingerprint density at radius 3 is 2.22 bits per heavy atom. The molecule has 5 rings (SSSR count). The lowest BCUT2D eigenvalue weighted by Crippen LogP contribution is -2.75. The second-order valence-corrected chi connectivity index (χ2v) is 10.0. The van der Waals surface area contributed by atoms with Crippen LogP contribution in [0.25, 0.3) is 0 Å². The predicted molar refractivity (Wildman–Crippen MR) is 137 cm³/mol. The fourth-order valence-electron chi connectivity index (χ4n) is 5.91. The summed E-state index contributed by atoms with van der Waals surface area (Å²) in [5.41, 5.74) is 4.60. The van der Waals surface area contributed by atoms with Gasteiger partial charge in [0.05, 0.1) is 19.7 Å². The summed E-state index contributed by atoms with van der Waals surface area (Å²) in [6, 6.07) is 15.0. The number of aryl methyl sites for hydroxylation is 2. The van der Waals surface area contributed by atoms with Crippen molar-refractivity contribution in [2.75, 3.05) is 13.7 Å². The number of carbonyl (C=O) groups excluding carboxylic acids is 2. The van der Waals surface area contributed by atoms with Gasteiger partial charge in [0.25, 0.3) is 5.91 Å². The summed E-state index contributed by atoms with van der Waals surface area (Å²) in [7, 11) is 1.30. The first kappa shape index (κ1) is 25.3. The van der Waals surface area contributed by atoms with Gasteiger partial charge in [-0.25, -0.2) is 4.79 Å². The molecule has 0 bridgehead atoms. The van der Waals surface area contributed by atoms with Crippen LogP contribution in [0.3, 0.4) is 0 Å². The van der Waals surface area contributed by atoms with Crippen LogP contribution in [0.15, 0.2) is 60.8 Å². The topological polar surface area (TPSA) is 106 Å². The minimum atomic E-state index is -1.31. The van der Waals surface area contributed by atoms with Gasteiger partial charge in [0.15, 0.2) is 6.04 Å². The number of aliphatic hydroxyl groups excluding tert-OH is 2. The van der Waals surface area contributed by atoms with Gasteiger partial charge in [-0.3, -0.25) is 9.80 Å². The number of alkyl carbamates (subject to hydrolysis) is 1. The van der Waals surface area contributed by atoms with E-state index in [0.717, 1.165) is 24.0 Å². The van der Waals surface area contributed by atoms with Gasteiger partial charge in [-0.15, -0.1) is 0 Å². The molecular formula is C28H34N4O5. The Bertz CT molecular complexity index is 1150. The van der Waals surface area contributed by atoms with E-state index in [1.807, 2.05) is 38.1 Å². The third-order valence-corrected chi connectivity index (χ3v) is 7.59. The van der Waals surface area contributed by atoms with Crippen molar-refractivity contribution < 1.29 is 24.5 Å². The van der Waals surface area contributed by atoms with Crippen LogP contribution in [0, 0.1) is 0 Å². The number of fused-ring (bicyclic) bond motifs is 3. The highest BCUT2D eigenvalue weighted by Gasteiger charge is 2.53. The van der Waals surface area contributed by atoms with Crippen molar-refractivity contribution >= 4 is 12.0 Å². The summed E-state index contributed by atoms with van der Waals surface area (Å²) in [4.78, 5) is 27.7. The second kappa shape index (κ2) is 10.2. The van der Waals surface area contributed by atoms with E-state index in [0.29, 0.717) is 0 Å². The van der Waals surface area contributed by atoms with Gasteiger partial charge < -0.3 is 25.2 Å².